The minimum atomic E-state index is -0.287. The van der Waals surface area contributed by atoms with Crippen LogP contribution in [0.4, 0.5) is 10.7 Å². The molecule has 1 rings (SSSR count). The second-order valence-corrected chi connectivity index (χ2v) is 3.51. The fourth-order valence-corrected chi connectivity index (χ4v) is 1.92. The van der Waals surface area contributed by atoms with Crippen LogP contribution in [0.15, 0.2) is 0 Å². The molecule has 74 valence electrons. The second kappa shape index (κ2) is 3.98. The zero-order valence-corrected chi connectivity index (χ0v) is 8.66. The Balaban J connectivity index is 3.33. The molecule has 0 aromatic carbocycles. The predicted octanol–water partition coefficient (Wildman–Crippen LogP) is 0.603. The van der Waals surface area contributed by atoms with Crippen LogP contribution in [0.5, 0.6) is 0 Å². The predicted molar refractivity (Wildman–Crippen MR) is 56.4 cm³/mol. The molecule has 1 aromatic heterocycles. The Morgan fingerprint density at radius 3 is 2.64 bits per heavy atom. The Morgan fingerprint density at radius 2 is 2.21 bits per heavy atom. The minimum Gasteiger partial charge on any atom is -0.396 e. The van der Waals surface area contributed by atoms with Crippen LogP contribution >= 0.6 is 11.3 Å². The van der Waals surface area contributed by atoms with E-state index in [9.17, 15) is 4.79 Å². The quantitative estimate of drug-likeness (QED) is 0.666. The minimum absolute atomic E-state index is 0.237. The van der Waals surface area contributed by atoms with E-state index in [0.29, 0.717) is 15.4 Å². The van der Waals surface area contributed by atoms with Crippen LogP contribution in [0.1, 0.15) is 15.2 Å². The number of thiophene rings is 1. The largest absolute Gasteiger partial charge is 0.396 e. The molecule has 0 aliphatic rings. The fourth-order valence-electron chi connectivity index (χ4n) is 1.05. The maximum Gasteiger partial charge on any atom is 0.256 e. The van der Waals surface area contributed by atoms with Crippen LogP contribution in [0.25, 0.3) is 0 Å². The van der Waals surface area contributed by atoms with E-state index in [4.69, 9.17) is 11.0 Å². The van der Waals surface area contributed by atoms with Crippen molar-refractivity contribution in [3.05, 3.63) is 10.4 Å². The third-order valence-electron chi connectivity index (χ3n) is 1.73. The van der Waals surface area contributed by atoms with E-state index in [1.165, 1.54) is 18.4 Å². The molecule has 6 heteroatoms. The van der Waals surface area contributed by atoms with Gasteiger partial charge in [0.15, 0.2) is 0 Å². The number of amides is 1. The summed E-state index contributed by atoms with van der Waals surface area (Å²) in [4.78, 5) is 11.8. The van der Waals surface area contributed by atoms with Gasteiger partial charge in [0.05, 0.1) is 11.3 Å². The van der Waals surface area contributed by atoms with Gasteiger partial charge in [-0.3, -0.25) is 4.79 Å². The first-order valence-corrected chi connectivity index (χ1v) is 4.69. The number of hydrogen-bond acceptors (Lipinski definition) is 5. The van der Waals surface area contributed by atoms with E-state index in [1.807, 2.05) is 6.07 Å². The van der Waals surface area contributed by atoms with Crippen LogP contribution in [-0.2, 0) is 0 Å². The molecule has 0 spiro atoms. The Hall–Kier alpha value is -1.74. The summed E-state index contributed by atoms with van der Waals surface area (Å²) in [6, 6.07) is 1.94. The number of nitrogen functional groups attached to an aromatic ring is 1. The summed E-state index contributed by atoms with van der Waals surface area (Å²) < 4.78 is 0. The number of nitrogens with one attached hydrogen (secondary N) is 2. The normalized spacial score (nSPS) is 9.21. The average Bonchev–Trinajstić information content (AvgIpc) is 2.53. The summed E-state index contributed by atoms with van der Waals surface area (Å²) in [6.07, 6.45) is 0. The molecule has 4 N–H and O–H groups in total. The summed E-state index contributed by atoms with van der Waals surface area (Å²) in [6.45, 7) is 0. The van der Waals surface area contributed by atoms with E-state index in [2.05, 4.69) is 10.6 Å². The van der Waals surface area contributed by atoms with E-state index in [0.717, 1.165) is 0 Å². The second-order valence-electron chi connectivity index (χ2n) is 2.49. The highest BCUT2D eigenvalue weighted by molar-refractivity contribution is 7.17. The average molecular weight is 210 g/mol. The van der Waals surface area contributed by atoms with Gasteiger partial charge in [-0.05, 0) is 0 Å². The summed E-state index contributed by atoms with van der Waals surface area (Å²) in [5.74, 6) is -0.287. The van der Waals surface area contributed by atoms with E-state index >= 15 is 0 Å². The van der Waals surface area contributed by atoms with Crippen molar-refractivity contribution in [3.8, 4) is 6.07 Å². The highest BCUT2D eigenvalue weighted by Gasteiger charge is 2.20. The number of nitrogens with two attached hydrogens (primary N) is 1. The van der Waals surface area contributed by atoms with Crippen molar-refractivity contribution in [2.45, 2.75) is 0 Å². The molecular formula is C8H10N4OS. The Kier molecular flexibility index (Phi) is 2.94. The topological polar surface area (TPSA) is 90.9 Å². The Labute approximate surface area is 85.5 Å². The zero-order chi connectivity index (χ0) is 10.7. The summed E-state index contributed by atoms with van der Waals surface area (Å²) >= 11 is 1.17. The lowest BCUT2D eigenvalue weighted by Gasteiger charge is -2.01. The van der Waals surface area contributed by atoms with Gasteiger partial charge in [-0.15, -0.1) is 11.3 Å². The molecule has 0 radical (unpaired) electrons. The maximum atomic E-state index is 11.4. The molecule has 0 fully saturated rings. The van der Waals surface area contributed by atoms with Crippen molar-refractivity contribution in [2.24, 2.45) is 0 Å². The standard InChI is InChI=1S/C8H10N4OS/c1-11-7(13)5-6(10)4(3-9)14-8(5)12-2/h12H,10H2,1-2H3,(H,11,13). The van der Waals surface area contributed by atoms with Crippen LogP contribution in [0.2, 0.25) is 0 Å². The molecule has 0 aliphatic heterocycles. The van der Waals surface area contributed by atoms with Gasteiger partial charge in [-0.1, -0.05) is 0 Å². The Morgan fingerprint density at radius 1 is 1.57 bits per heavy atom. The van der Waals surface area contributed by atoms with Crippen LogP contribution in [-0.4, -0.2) is 20.0 Å². The lowest BCUT2D eigenvalue weighted by atomic mass is 10.2. The first kappa shape index (κ1) is 10.3. The number of carbonyl (C=O) groups excluding carboxylic acids is 1. The number of carbonyl (C=O) groups is 1. The van der Waals surface area contributed by atoms with Crippen molar-refractivity contribution in [3.63, 3.8) is 0 Å². The summed E-state index contributed by atoms with van der Waals surface area (Å²) in [5.41, 5.74) is 6.24. The van der Waals surface area contributed by atoms with Gasteiger partial charge in [0.2, 0.25) is 0 Å². The van der Waals surface area contributed by atoms with Crippen molar-refractivity contribution in [2.75, 3.05) is 25.1 Å². The molecule has 14 heavy (non-hydrogen) atoms. The highest BCUT2D eigenvalue weighted by atomic mass is 32.1. The first-order chi connectivity index (χ1) is 6.65. The van der Waals surface area contributed by atoms with Gasteiger partial charge < -0.3 is 16.4 Å². The number of nitrogens with zero attached hydrogens (tertiary/aromatic N) is 1. The molecule has 0 saturated heterocycles. The molecule has 0 aliphatic carbocycles. The molecule has 1 heterocycles. The van der Waals surface area contributed by atoms with Gasteiger partial charge in [-0.2, -0.15) is 5.26 Å². The Bertz CT molecular complexity index is 404. The molecule has 0 saturated carbocycles. The van der Waals surface area contributed by atoms with E-state index in [1.54, 1.807) is 7.05 Å². The van der Waals surface area contributed by atoms with E-state index < -0.39 is 0 Å². The van der Waals surface area contributed by atoms with Gasteiger partial charge >= 0.3 is 0 Å². The highest BCUT2D eigenvalue weighted by Crippen LogP contribution is 2.34. The van der Waals surface area contributed by atoms with Crippen molar-refractivity contribution in [1.82, 2.24) is 5.32 Å². The van der Waals surface area contributed by atoms with Crippen LogP contribution < -0.4 is 16.4 Å². The van der Waals surface area contributed by atoms with Crippen LogP contribution in [0.3, 0.4) is 0 Å². The first-order valence-electron chi connectivity index (χ1n) is 3.87. The van der Waals surface area contributed by atoms with E-state index in [-0.39, 0.29) is 11.6 Å². The van der Waals surface area contributed by atoms with Gasteiger partial charge in [-0.25, -0.2) is 0 Å². The molecule has 1 amide bonds. The third kappa shape index (κ3) is 1.49. The maximum absolute atomic E-state index is 11.4. The number of hydrogen-bond donors (Lipinski definition) is 3. The molecule has 0 bridgehead atoms. The van der Waals surface area contributed by atoms with Gasteiger partial charge in [0.25, 0.3) is 5.91 Å². The molecule has 0 unspecified atom stereocenters. The lowest BCUT2D eigenvalue weighted by Crippen LogP contribution is -2.19. The van der Waals surface area contributed by atoms with Crippen molar-refractivity contribution in [1.29, 1.82) is 5.26 Å². The SMILES string of the molecule is CNC(=O)c1c(NC)sc(C#N)c1N. The van der Waals surface area contributed by atoms with Crippen molar-refractivity contribution >= 4 is 27.9 Å². The number of nitriles is 1. The van der Waals surface area contributed by atoms with Crippen LogP contribution in [0, 0.1) is 11.3 Å². The molecule has 0 atom stereocenters. The zero-order valence-electron chi connectivity index (χ0n) is 7.84. The summed E-state index contributed by atoms with van der Waals surface area (Å²) in [5, 5.41) is 14.6. The third-order valence-corrected chi connectivity index (χ3v) is 2.86. The smallest absolute Gasteiger partial charge is 0.256 e. The fraction of sp³-hybridized carbons (Fsp3) is 0.250. The molecular weight excluding hydrogens is 200 g/mol. The van der Waals surface area contributed by atoms with Gasteiger partial charge in [0, 0.05) is 14.1 Å². The number of anilines is 2. The summed E-state index contributed by atoms with van der Waals surface area (Å²) in [7, 11) is 3.20. The number of rotatable bonds is 2. The lowest BCUT2D eigenvalue weighted by molar-refractivity contribution is 0.0965. The monoisotopic (exact) mass is 210 g/mol. The van der Waals surface area contributed by atoms with Crippen molar-refractivity contribution < 1.29 is 4.79 Å². The van der Waals surface area contributed by atoms with Gasteiger partial charge in [0.1, 0.15) is 15.9 Å². The molecule has 1 aromatic rings. The molecule has 5 nitrogen and oxygen atoms in total.